The molecule has 0 saturated carbocycles. The number of rotatable bonds is 2. The van der Waals surface area contributed by atoms with Gasteiger partial charge < -0.3 is 10.3 Å². The highest BCUT2D eigenvalue weighted by Gasteiger charge is 2.05. The van der Waals surface area contributed by atoms with Crippen LogP contribution < -0.4 is 0 Å². The maximum Gasteiger partial charge on any atom is 0.138 e. The van der Waals surface area contributed by atoms with Gasteiger partial charge in [-0.25, -0.2) is 0 Å². The standard InChI is InChI=1S/C8H10ClNO2/c1-10(12)5-6-3-2-4-7(9)8(6)11/h2-4,11-12H,5H2,1H3. The monoisotopic (exact) mass is 187 g/mol. The minimum Gasteiger partial charge on any atom is -0.506 e. The molecule has 0 radical (unpaired) electrons. The molecule has 0 aromatic heterocycles. The van der Waals surface area contributed by atoms with Crippen LogP contribution in [0.25, 0.3) is 0 Å². The molecule has 2 N–H and O–H groups in total. The van der Waals surface area contributed by atoms with E-state index in [-0.39, 0.29) is 12.3 Å². The van der Waals surface area contributed by atoms with E-state index >= 15 is 0 Å². The quantitative estimate of drug-likeness (QED) is 0.695. The number of aromatic hydroxyl groups is 1. The summed E-state index contributed by atoms with van der Waals surface area (Å²) in [5, 5.41) is 19.6. The Morgan fingerprint density at radius 1 is 1.50 bits per heavy atom. The predicted octanol–water partition coefficient (Wildman–Crippen LogP) is 1.87. The van der Waals surface area contributed by atoms with E-state index in [4.69, 9.17) is 16.8 Å². The second-order valence-corrected chi connectivity index (χ2v) is 2.97. The molecule has 0 bridgehead atoms. The van der Waals surface area contributed by atoms with Gasteiger partial charge >= 0.3 is 0 Å². The van der Waals surface area contributed by atoms with E-state index in [1.807, 2.05) is 0 Å². The predicted molar refractivity (Wildman–Crippen MR) is 46.4 cm³/mol. The zero-order valence-electron chi connectivity index (χ0n) is 6.66. The number of nitrogens with zero attached hydrogens (tertiary/aromatic N) is 1. The van der Waals surface area contributed by atoms with Gasteiger partial charge in [0.25, 0.3) is 0 Å². The lowest BCUT2D eigenvalue weighted by atomic mass is 10.2. The van der Waals surface area contributed by atoms with Gasteiger partial charge in [0.05, 0.1) is 11.6 Å². The average molecular weight is 188 g/mol. The largest absolute Gasteiger partial charge is 0.506 e. The topological polar surface area (TPSA) is 43.7 Å². The number of benzene rings is 1. The van der Waals surface area contributed by atoms with Crippen molar-refractivity contribution in [3.05, 3.63) is 28.8 Å². The summed E-state index contributed by atoms with van der Waals surface area (Å²) >= 11 is 5.65. The van der Waals surface area contributed by atoms with Crippen molar-refractivity contribution in [2.24, 2.45) is 0 Å². The van der Waals surface area contributed by atoms with Gasteiger partial charge in [-0.3, -0.25) is 0 Å². The molecule has 0 unspecified atom stereocenters. The molecule has 0 heterocycles. The van der Waals surface area contributed by atoms with Gasteiger partial charge in [-0.15, -0.1) is 0 Å². The Morgan fingerprint density at radius 2 is 2.17 bits per heavy atom. The molecule has 0 aliphatic carbocycles. The number of phenols is 1. The zero-order chi connectivity index (χ0) is 9.14. The average Bonchev–Trinajstić information content (AvgIpc) is 1.98. The Balaban J connectivity index is 2.92. The fourth-order valence-electron chi connectivity index (χ4n) is 0.934. The number of hydrogen-bond donors (Lipinski definition) is 2. The summed E-state index contributed by atoms with van der Waals surface area (Å²) < 4.78 is 0. The Kier molecular flexibility index (Phi) is 2.92. The van der Waals surface area contributed by atoms with Crippen LogP contribution >= 0.6 is 11.6 Å². The van der Waals surface area contributed by atoms with E-state index in [9.17, 15) is 5.11 Å². The first-order chi connectivity index (χ1) is 5.61. The van der Waals surface area contributed by atoms with Crippen molar-refractivity contribution in [3.8, 4) is 5.75 Å². The summed E-state index contributed by atoms with van der Waals surface area (Å²) in [6.07, 6.45) is 0. The third-order valence-corrected chi connectivity index (χ3v) is 1.77. The number of hydrogen-bond acceptors (Lipinski definition) is 3. The molecule has 0 saturated heterocycles. The highest BCUT2D eigenvalue weighted by molar-refractivity contribution is 6.32. The SMILES string of the molecule is CN(O)Cc1cccc(Cl)c1O. The van der Waals surface area contributed by atoms with Gasteiger partial charge in [-0.05, 0) is 6.07 Å². The number of para-hydroxylation sites is 1. The number of halogens is 1. The first-order valence-corrected chi connectivity index (χ1v) is 3.85. The summed E-state index contributed by atoms with van der Waals surface area (Å²) in [4.78, 5) is 0. The highest BCUT2D eigenvalue weighted by atomic mass is 35.5. The van der Waals surface area contributed by atoms with E-state index in [2.05, 4.69) is 0 Å². The molecular formula is C8H10ClNO2. The molecule has 12 heavy (non-hydrogen) atoms. The normalized spacial score (nSPS) is 10.7. The molecule has 0 aliphatic heterocycles. The van der Waals surface area contributed by atoms with Crippen molar-refractivity contribution in [1.29, 1.82) is 0 Å². The molecule has 4 heteroatoms. The maximum absolute atomic E-state index is 9.38. The summed E-state index contributed by atoms with van der Waals surface area (Å²) in [6.45, 7) is 0.256. The van der Waals surface area contributed by atoms with Gasteiger partial charge in [-0.1, -0.05) is 23.7 Å². The zero-order valence-corrected chi connectivity index (χ0v) is 7.41. The van der Waals surface area contributed by atoms with Crippen LogP contribution in [-0.2, 0) is 6.54 Å². The molecule has 1 aromatic rings. The van der Waals surface area contributed by atoms with Gasteiger partial charge in [0.1, 0.15) is 5.75 Å². The van der Waals surface area contributed by atoms with Crippen molar-refractivity contribution in [2.75, 3.05) is 7.05 Å². The number of phenolic OH excluding ortho intramolecular Hbond substituents is 1. The summed E-state index contributed by atoms with van der Waals surface area (Å²) in [6, 6.07) is 5.02. The van der Waals surface area contributed by atoms with Gasteiger partial charge in [0.2, 0.25) is 0 Å². The lowest BCUT2D eigenvalue weighted by Crippen LogP contribution is -2.11. The fourth-order valence-corrected chi connectivity index (χ4v) is 1.13. The Labute approximate surface area is 75.8 Å². The second kappa shape index (κ2) is 3.76. The van der Waals surface area contributed by atoms with Crippen LogP contribution in [0.15, 0.2) is 18.2 Å². The van der Waals surface area contributed by atoms with Crippen LogP contribution in [0.5, 0.6) is 5.75 Å². The van der Waals surface area contributed by atoms with Crippen LogP contribution in [0.4, 0.5) is 0 Å². The van der Waals surface area contributed by atoms with Gasteiger partial charge in [0, 0.05) is 12.6 Å². The minimum absolute atomic E-state index is 0.0278. The van der Waals surface area contributed by atoms with Crippen molar-refractivity contribution in [3.63, 3.8) is 0 Å². The lowest BCUT2D eigenvalue weighted by Gasteiger charge is -2.09. The van der Waals surface area contributed by atoms with Crippen molar-refractivity contribution >= 4 is 11.6 Å². The van der Waals surface area contributed by atoms with E-state index in [0.29, 0.717) is 10.6 Å². The van der Waals surface area contributed by atoms with Crippen LogP contribution in [0.1, 0.15) is 5.56 Å². The molecule has 0 fully saturated rings. The summed E-state index contributed by atoms with van der Waals surface area (Å²) in [5.74, 6) is 0.0278. The van der Waals surface area contributed by atoms with Gasteiger partial charge in [-0.2, -0.15) is 5.06 Å². The van der Waals surface area contributed by atoms with Crippen LogP contribution in [0, 0.1) is 0 Å². The molecule has 1 rings (SSSR count). The van der Waals surface area contributed by atoms with Crippen molar-refractivity contribution in [1.82, 2.24) is 5.06 Å². The van der Waals surface area contributed by atoms with E-state index in [1.54, 1.807) is 18.2 Å². The Morgan fingerprint density at radius 3 is 2.75 bits per heavy atom. The smallest absolute Gasteiger partial charge is 0.138 e. The molecule has 66 valence electrons. The molecule has 0 spiro atoms. The Bertz CT molecular complexity index is 276. The van der Waals surface area contributed by atoms with Crippen LogP contribution in [0.3, 0.4) is 0 Å². The molecule has 3 nitrogen and oxygen atoms in total. The molecule has 0 aliphatic rings. The lowest BCUT2D eigenvalue weighted by molar-refractivity contribution is -0.0735. The van der Waals surface area contributed by atoms with Gasteiger partial charge in [0.15, 0.2) is 0 Å². The second-order valence-electron chi connectivity index (χ2n) is 2.56. The van der Waals surface area contributed by atoms with Crippen molar-refractivity contribution in [2.45, 2.75) is 6.54 Å². The van der Waals surface area contributed by atoms with Crippen molar-refractivity contribution < 1.29 is 10.3 Å². The summed E-state index contributed by atoms with van der Waals surface area (Å²) in [5.41, 5.74) is 0.604. The first kappa shape index (κ1) is 9.32. The third kappa shape index (κ3) is 2.11. The maximum atomic E-state index is 9.38. The minimum atomic E-state index is 0.0278. The molecular weight excluding hydrogens is 178 g/mol. The summed E-state index contributed by atoms with van der Waals surface area (Å²) in [7, 11) is 1.50. The van der Waals surface area contributed by atoms with E-state index in [1.165, 1.54) is 7.05 Å². The van der Waals surface area contributed by atoms with Crippen LogP contribution in [0.2, 0.25) is 5.02 Å². The first-order valence-electron chi connectivity index (χ1n) is 3.47. The van der Waals surface area contributed by atoms with E-state index < -0.39 is 0 Å². The molecule has 0 amide bonds. The molecule has 1 aromatic carbocycles. The third-order valence-electron chi connectivity index (χ3n) is 1.47. The molecule has 0 atom stereocenters. The highest BCUT2D eigenvalue weighted by Crippen LogP contribution is 2.27. The van der Waals surface area contributed by atoms with Crippen LogP contribution in [-0.4, -0.2) is 22.4 Å². The van der Waals surface area contributed by atoms with E-state index in [0.717, 1.165) is 5.06 Å². The fraction of sp³-hybridized carbons (Fsp3) is 0.250. The Hall–Kier alpha value is -0.770. The number of hydroxylamine groups is 2.